The Bertz CT molecular complexity index is 457. The van der Waals surface area contributed by atoms with Gasteiger partial charge in [0.15, 0.2) is 0 Å². The number of nitrogens with two attached hydrogens (primary N) is 1. The summed E-state index contributed by atoms with van der Waals surface area (Å²) in [6.45, 7) is -2.18. The van der Waals surface area contributed by atoms with Crippen molar-refractivity contribution in [3.05, 3.63) is 21.1 Å². The predicted octanol–water partition coefficient (Wildman–Crippen LogP) is 3.31. The summed E-state index contributed by atoms with van der Waals surface area (Å²) in [6.07, 6.45) is -4.46. The van der Waals surface area contributed by atoms with Gasteiger partial charge in [-0.1, -0.05) is 15.9 Å². The van der Waals surface area contributed by atoms with Crippen molar-refractivity contribution in [3.8, 4) is 0 Å². The second-order valence-corrected chi connectivity index (χ2v) is 5.28. The molecule has 0 aromatic heterocycles. The first-order valence-electron chi connectivity index (χ1n) is 4.88. The second kappa shape index (κ2) is 6.58. The van der Waals surface area contributed by atoms with E-state index in [0.717, 1.165) is 0 Å². The molecule has 106 valence electrons. The molecule has 0 bridgehead atoms. The van der Waals surface area contributed by atoms with Crippen LogP contribution in [0.4, 0.5) is 24.5 Å². The highest BCUT2D eigenvalue weighted by molar-refractivity contribution is 9.11. The van der Waals surface area contributed by atoms with E-state index >= 15 is 0 Å². The van der Waals surface area contributed by atoms with Gasteiger partial charge in [-0.3, -0.25) is 4.79 Å². The Balaban J connectivity index is 2.58. The number of hydrogen-bond acceptors (Lipinski definition) is 3. The van der Waals surface area contributed by atoms with Crippen LogP contribution in [0.1, 0.15) is 0 Å². The van der Waals surface area contributed by atoms with Gasteiger partial charge in [0.05, 0.1) is 11.4 Å². The monoisotopic (exact) mass is 404 g/mol. The summed E-state index contributed by atoms with van der Waals surface area (Å²) in [5, 5.41) is 2.37. The van der Waals surface area contributed by atoms with E-state index in [2.05, 4.69) is 41.9 Å². The smallest absolute Gasteiger partial charge is 0.397 e. The van der Waals surface area contributed by atoms with Crippen molar-refractivity contribution in [2.24, 2.45) is 0 Å². The van der Waals surface area contributed by atoms with E-state index in [1.54, 1.807) is 12.1 Å². The molecule has 0 atom stereocenters. The number of rotatable bonds is 4. The van der Waals surface area contributed by atoms with Crippen LogP contribution < -0.4 is 11.1 Å². The largest absolute Gasteiger partial charge is 0.411 e. The molecule has 1 rings (SSSR count). The third-order valence-corrected chi connectivity index (χ3v) is 2.93. The fourth-order valence-electron chi connectivity index (χ4n) is 1.16. The number of carbonyl (C=O) groups excluding carboxylic acids is 1. The molecule has 1 aromatic carbocycles. The van der Waals surface area contributed by atoms with Crippen LogP contribution in [0, 0.1) is 0 Å². The molecule has 0 heterocycles. The SMILES string of the molecule is Nc1cc(Br)cc(Br)c1NC(=O)COCC(F)(F)F. The van der Waals surface area contributed by atoms with E-state index in [1.807, 2.05) is 0 Å². The van der Waals surface area contributed by atoms with E-state index in [0.29, 0.717) is 8.95 Å². The number of benzene rings is 1. The fraction of sp³-hybridized carbons (Fsp3) is 0.300. The molecule has 1 aromatic rings. The van der Waals surface area contributed by atoms with Crippen LogP contribution in [0.15, 0.2) is 21.1 Å². The van der Waals surface area contributed by atoms with Crippen molar-refractivity contribution in [2.45, 2.75) is 6.18 Å². The quantitative estimate of drug-likeness (QED) is 0.755. The Morgan fingerprint density at radius 3 is 2.53 bits per heavy atom. The van der Waals surface area contributed by atoms with Crippen LogP contribution in [0.3, 0.4) is 0 Å². The van der Waals surface area contributed by atoms with Crippen molar-refractivity contribution in [1.29, 1.82) is 0 Å². The van der Waals surface area contributed by atoms with Gasteiger partial charge in [0.1, 0.15) is 13.2 Å². The molecular weight excluding hydrogens is 397 g/mol. The maximum absolute atomic E-state index is 11.8. The summed E-state index contributed by atoms with van der Waals surface area (Å²) in [5.74, 6) is -0.723. The zero-order valence-corrected chi connectivity index (χ0v) is 12.5. The Labute approximate surface area is 123 Å². The van der Waals surface area contributed by atoms with Gasteiger partial charge in [0.25, 0.3) is 0 Å². The summed E-state index contributed by atoms with van der Waals surface area (Å²) >= 11 is 6.39. The van der Waals surface area contributed by atoms with E-state index in [9.17, 15) is 18.0 Å². The molecule has 19 heavy (non-hydrogen) atoms. The van der Waals surface area contributed by atoms with Gasteiger partial charge in [-0.2, -0.15) is 13.2 Å². The molecule has 0 spiro atoms. The Morgan fingerprint density at radius 2 is 2.00 bits per heavy atom. The maximum atomic E-state index is 11.8. The first-order chi connectivity index (χ1) is 8.69. The van der Waals surface area contributed by atoms with E-state index in [1.165, 1.54) is 0 Å². The van der Waals surface area contributed by atoms with Crippen LogP contribution in [0.5, 0.6) is 0 Å². The first-order valence-corrected chi connectivity index (χ1v) is 6.46. The molecular formula is C10H9Br2F3N2O2. The number of amides is 1. The highest BCUT2D eigenvalue weighted by Crippen LogP contribution is 2.32. The lowest BCUT2D eigenvalue weighted by Crippen LogP contribution is -2.24. The van der Waals surface area contributed by atoms with Crippen molar-refractivity contribution in [1.82, 2.24) is 0 Å². The van der Waals surface area contributed by atoms with Crippen molar-refractivity contribution in [3.63, 3.8) is 0 Å². The topological polar surface area (TPSA) is 64.3 Å². The number of anilines is 2. The third kappa shape index (κ3) is 5.79. The Hall–Kier alpha value is -0.800. The predicted molar refractivity (Wildman–Crippen MR) is 71.8 cm³/mol. The Morgan fingerprint density at radius 1 is 1.37 bits per heavy atom. The molecule has 0 saturated carbocycles. The van der Waals surface area contributed by atoms with Gasteiger partial charge < -0.3 is 15.8 Å². The minimum atomic E-state index is -4.46. The summed E-state index contributed by atoms with van der Waals surface area (Å²) in [4.78, 5) is 11.4. The lowest BCUT2D eigenvalue weighted by molar-refractivity contribution is -0.174. The zero-order valence-electron chi connectivity index (χ0n) is 9.35. The number of ether oxygens (including phenoxy) is 1. The summed E-state index contributed by atoms with van der Waals surface area (Å²) in [7, 11) is 0. The van der Waals surface area contributed by atoms with E-state index < -0.39 is 25.3 Å². The number of nitrogen functional groups attached to an aromatic ring is 1. The molecule has 4 nitrogen and oxygen atoms in total. The van der Waals surface area contributed by atoms with Gasteiger partial charge in [0, 0.05) is 8.95 Å². The van der Waals surface area contributed by atoms with Crippen molar-refractivity contribution >= 4 is 49.1 Å². The van der Waals surface area contributed by atoms with Gasteiger partial charge in [0.2, 0.25) is 5.91 Å². The fourth-order valence-corrected chi connectivity index (χ4v) is 2.52. The molecule has 3 N–H and O–H groups in total. The number of hydrogen-bond donors (Lipinski definition) is 2. The standard InChI is InChI=1S/C10H9Br2F3N2O2/c11-5-1-6(12)9(7(16)2-5)17-8(18)3-19-4-10(13,14)15/h1-2H,3-4,16H2,(H,17,18). The van der Waals surface area contributed by atoms with Crippen LogP contribution in [-0.4, -0.2) is 25.3 Å². The molecule has 0 fully saturated rings. The molecule has 0 radical (unpaired) electrons. The molecule has 0 unspecified atom stereocenters. The number of carbonyl (C=O) groups is 1. The van der Waals surface area contributed by atoms with Crippen molar-refractivity contribution < 1.29 is 22.7 Å². The van der Waals surface area contributed by atoms with Crippen LogP contribution in [0.2, 0.25) is 0 Å². The normalized spacial score (nSPS) is 11.4. The number of nitrogens with one attached hydrogen (secondary N) is 1. The average molecular weight is 406 g/mol. The zero-order chi connectivity index (χ0) is 14.6. The number of alkyl halides is 3. The first kappa shape index (κ1) is 16.3. The van der Waals surface area contributed by atoms with Crippen LogP contribution in [-0.2, 0) is 9.53 Å². The summed E-state index contributed by atoms with van der Waals surface area (Å²) < 4.78 is 40.9. The molecule has 0 aliphatic heterocycles. The Kier molecular flexibility index (Phi) is 5.63. The van der Waals surface area contributed by atoms with Gasteiger partial charge >= 0.3 is 6.18 Å². The lowest BCUT2D eigenvalue weighted by Gasteiger charge is -2.12. The van der Waals surface area contributed by atoms with E-state index in [4.69, 9.17) is 5.73 Å². The second-order valence-electron chi connectivity index (χ2n) is 3.51. The maximum Gasteiger partial charge on any atom is 0.411 e. The van der Waals surface area contributed by atoms with Crippen LogP contribution in [0.25, 0.3) is 0 Å². The number of halogens is 5. The van der Waals surface area contributed by atoms with Crippen molar-refractivity contribution in [2.75, 3.05) is 24.3 Å². The summed E-state index contributed by atoms with van der Waals surface area (Å²) in [5.41, 5.74) is 6.22. The molecule has 1 amide bonds. The highest BCUT2D eigenvalue weighted by atomic mass is 79.9. The molecule has 9 heteroatoms. The third-order valence-electron chi connectivity index (χ3n) is 1.85. The van der Waals surface area contributed by atoms with Gasteiger partial charge in [-0.15, -0.1) is 0 Å². The molecule has 0 aliphatic rings. The minimum Gasteiger partial charge on any atom is -0.397 e. The molecule has 0 aliphatic carbocycles. The van der Waals surface area contributed by atoms with Crippen LogP contribution >= 0.6 is 31.9 Å². The summed E-state index contributed by atoms with van der Waals surface area (Å²) in [6, 6.07) is 3.19. The van der Waals surface area contributed by atoms with Gasteiger partial charge in [-0.25, -0.2) is 0 Å². The molecule has 0 saturated heterocycles. The lowest BCUT2D eigenvalue weighted by atomic mass is 10.2. The minimum absolute atomic E-state index is 0.269. The van der Waals surface area contributed by atoms with Gasteiger partial charge in [-0.05, 0) is 28.1 Å². The highest BCUT2D eigenvalue weighted by Gasteiger charge is 2.27. The van der Waals surface area contributed by atoms with E-state index in [-0.39, 0.29) is 11.4 Å². The average Bonchev–Trinajstić information content (AvgIpc) is 2.21.